The summed E-state index contributed by atoms with van der Waals surface area (Å²) in [7, 11) is 1.63. The van der Waals surface area contributed by atoms with Crippen LogP contribution in [0.2, 0.25) is 0 Å². The van der Waals surface area contributed by atoms with Crippen LogP contribution in [-0.4, -0.2) is 27.1 Å². The molecule has 0 spiro atoms. The molecule has 3 rings (SSSR count). The lowest BCUT2D eigenvalue weighted by atomic mass is 10.1. The van der Waals surface area contributed by atoms with E-state index >= 15 is 0 Å². The van der Waals surface area contributed by atoms with E-state index in [0.29, 0.717) is 18.2 Å². The van der Waals surface area contributed by atoms with Crippen molar-refractivity contribution in [2.75, 3.05) is 12.4 Å². The van der Waals surface area contributed by atoms with Crippen LogP contribution in [0, 0.1) is 0 Å². The first-order chi connectivity index (χ1) is 12.4. The Morgan fingerprint density at radius 1 is 1.04 bits per heavy atom. The number of anilines is 1. The molecule has 136 valence electrons. The fraction of sp³-hybridized carbons (Fsp3) is 0.316. The van der Waals surface area contributed by atoms with E-state index in [0.717, 1.165) is 17.1 Å². The maximum absolute atomic E-state index is 5.72. The van der Waals surface area contributed by atoms with Gasteiger partial charge in [0, 0.05) is 6.07 Å². The van der Waals surface area contributed by atoms with E-state index in [2.05, 4.69) is 41.4 Å². The number of nitrogens with zero attached hydrogens (tertiary/aromatic N) is 4. The van der Waals surface area contributed by atoms with E-state index in [-0.39, 0.29) is 5.54 Å². The third kappa shape index (κ3) is 4.50. The van der Waals surface area contributed by atoms with Crippen molar-refractivity contribution >= 4 is 5.69 Å². The van der Waals surface area contributed by atoms with E-state index in [9.17, 15) is 0 Å². The standard InChI is InChI=1S/C19H23N5O2/c1-19(2,3)24-13-15(22-23-24)12-20-14-5-10-18(21-11-14)26-17-8-6-16(25-4)7-9-17/h5-11,13,20H,12H2,1-4H3. The molecule has 3 aromatic rings. The van der Waals surface area contributed by atoms with Gasteiger partial charge in [-0.25, -0.2) is 9.67 Å². The summed E-state index contributed by atoms with van der Waals surface area (Å²) in [5.74, 6) is 2.02. The number of hydrogen-bond acceptors (Lipinski definition) is 6. The van der Waals surface area contributed by atoms with Crippen molar-refractivity contribution in [1.82, 2.24) is 20.0 Å². The molecule has 2 aromatic heterocycles. The van der Waals surface area contributed by atoms with Crippen LogP contribution in [-0.2, 0) is 12.1 Å². The Morgan fingerprint density at radius 3 is 2.35 bits per heavy atom. The van der Waals surface area contributed by atoms with Crippen LogP contribution < -0.4 is 14.8 Å². The average Bonchev–Trinajstić information content (AvgIpc) is 3.11. The zero-order valence-corrected chi connectivity index (χ0v) is 15.4. The first kappa shape index (κ1) is 17.7. The Balaban J connectivity index is 1.56. The van der Waals surface area contributed by atoms with Crippen molar-refractivity contribution in [2.45, 2.75) is 32.9 Å². The Bertz CT molecular complexity index is 836. The Morgan fingerprint density at radius 2 is 1.77 bits per heavy atom. The zero-order valence-electron chi connectivity index (χ0n) is 15.4. The fourth-order valence-corrected chi connectivity index (χ4v) is 2.21. The molecule has 1 aromatic carbocycles. The smallest absolute Gasteiger partial charge is 0.219 e. The molecular weight excluding hydrogens is 330 g/mol. The third-order valence-corrected chi connectivity index (χ3v) is 3.72. The summed E-state index contributed by atoms with van der Waals surface area (Å²) in [6.45, 7) is 6.84. The summed E-state index contributed by atoms with van der Waals surface area (Å²) in [4.78, 5) is 4.32. The van der Waals surface area contributed by atoms with Crippen molar-refractivity contribution < 1.29 is 9.47 Å². The first-order valence-corrected chi connectivity index (χ1v) is 8.37. The van der Waals surface area contributed by atoms with Crippen molar-refractivity contribution in [2.24, 2.45) is 0 Å². The Kier molecular flexibility index (Phi) is 5.06. The lowest BCUT2D eigenvalue weighted by molar-refractivity contribution is 0.347. The van der Waals surface area contributed by atoms with Crippen LogP contribution >= 0.6 is 0 Å². The molecule has 0 unspecified atom stereocenters. The molecule has 0 radical (unpaired) electrons. The normalized spacial score (nSPS) is 11.2. The van der Waals surface area contributed by atoms with Gasteiger partial charge in [0.1, 0.15) is 17.2 Å². The van der Waals surface area contributed by atoms with Crippen molar-refractivity contribution in [3.63, 3.8) is 0 Å². The Labute approximate surface area is 153 Å². The second-order valence-electron chi connectivity index (χ2n) is 6.84. The second-order valence-corrected chi connectivity index (χ2v) is 6.84. The molecule has 2 heterocycles. The summed E-state index contributed by atoms with van der Waals surface area (Å²) in [5.41, 5.74) is 1.68. The molecule has 0 amide bonds. The topological polar surface area (TPSA) is 74.1 Å². The number of methoxy groups -OCH3 is 1. The van der Waals surface area contributed by atoms with E-state index in [1.165, 1.54) is 0 Å². The molecule has 0 aliphatic rings. The molecule has 0 atom stereocenters. The van der Waals surface area contributed by atoms with E-state index in [1.54, 1.807) is 13.3 Å². The minimum Gasteiger partial charge on any atom is -0.497 e. The van der Waals surface area contributed by atoms with Crippen LogP contribution in [0.3, 0.4) is 0 Å². The van der Waals surface area contributed by atoms with Gasteiger partial charge in [0.2, 0.25) is 5.88 Å². The summed E-state index contributed by atoms with van der Waals surface area (Å²) in [6.07, 6.45) is 3.68. The van der Waals surface area contributed by atoms with Gasteiger partial charge in [-0.2, -0.15) is 0 Å². The molecule has 7 nitrogen and oxygen atoms in total. The van der Waals surface area contributed by atoms with Crippen LogP contribution in [0.15, 0.2) is 48.8 Å². The SMILES string of the molecule is COc1ccc(Oc2ccc(NCc3cn(C(C)(C)C)nn3)cn2)cc1. The number of hydrogen-bond donors (Lipinski definition) is 1. The highest BCUT2D eigenvalue weighted by molar-refractivity contribution is 5.43. The number of ether oxygens (including phenoxy) is 2. The number of nitrogens with one attached hydrogen (secondary N) is 1. The van der Waals surface area contributed by atoms with Gasteiger partial charge in [-0.1, -0.05) is 5.21 Å². The molecule has 0 bridgehead atoms. The fourth-order valence-electron chi connectivity index (χ4n) is 2.21. The van der Waals surface area contributed by atoms with E-state index in [4.69, 9.17) is 9.47 Å². The first-order valence-electron chi connectivity index (χ1n) is 8.37. The second kappa shape index (κ2) is 7.43. The van der Waals surface area contributed by atoms with Crippen LogP contribution in [0.4, 0.5) is 5.69 Å². The molecule has 0 aliphatic carbocycles. The van der Waals surface area contributed by atoms with Gasteiger partial charge < -0.3 is 14.8 Å². The predicted octanol–water partition coefficient (Wildman–Crippen LogP) is 3.84. The summed E-state index contributed by atoms with van der Waals surface area (Å²) < 4.78 is 12.7. The molecule has 1 N–H and O–H groups in total. The lowest BCUT2D eigenvalue weighted by Crippen LogP contribution is -2.22. The van der Waals surface area contributed by atoms with E-state index < -0.39 is 0 Å². The minimum atomic E-state index is -0.0761. The lowest BCUT2D eigenvalue weighted by Gasteiger charge is -2.17. The highest BCUT2D eigenvalue weighted by Crippen LogP contribution is 2.23. The van der Waals surface area contributed by atoms with Gasteiger partial charge in [0.15, 0.2) is 0 Å². The highest BCUT2D eigenvalue weighted by atomic mass is 16.5. The molecular formula is C19H23N5O2. The summed E-state index contributed by atoms with van der Waals surface area (Å²) in [6, 6.07) is 11.1. The van der Waals surface area contributed by atoms with Crippen LogP contribution in [0.1, 0.15) is 26.5 Å². The average molecular weight is 353 g/mol. The minimum absolute atomic E-state index is 0.0761. The molecule has 0 saturated carbocycles. The van der Waals surface area contributed by atoms with Gasteiger partial charge in [0.25, 0.3) is 0 Å². The van der Waals surface area contributed by atoms with Gasteiger partial charge >= 0.3 is 0 Å². The number of benzene rings is 1. The quantitative estimate of drug-likeness (QED) is 0.726. The number of aromatic nitrogens is 4. The van der Waals surface area contributed by atoms with E-state index in [1.807, 2.05) is 47.3 Å². The van der Waals surface area contributed by atoms with Crippen molar-refractivity contribution in [1.29, 1.82) is 0 Å². The third-order valence-electron chi connectivity index (χ3n) is 3.72. The maximum atomic E-state index is 5.72. The van der Waals surface area contributed by atoms with Crippen molar-refractivity contribution in [3.05, 3.63) is 54.5 Å². The highest BCUT2D eigenvalue weighted by Gasteiger charge is 2.14. The monoisotopic (exact) mass is 353 g/mol. The summed E-state index contributed by atoms with van der Waals surface area (Å²) in [5, 5.41) is 11.6. The zero-order chi connectivity index (χ0) is 18.6. The van der Waals surface area contributed by atoms with Gasteiger partial charge in [0.05, 0.1) is 37.3 Å². The molecule has 7 heteroatoms. The molecule has 0 fully saturated rings. The number of pyridine rings is 1. The molecule has 0 aliphatic heterocycles. The van der Waals surface area contributed by atoms with Crippen LogP contribution in [0.25, 0.3) is 0 Å². The molecule has 0 saturated heterocycles. The van der Waals surface area contributed by atoms with Crippen molar-refractivity contribution in [3.8, 4) is 17.4 Å². The van der Waals surface area contributed by atoms with Gasteiger partial charge in [-0.3, -0.25) is 0 Å². The largest absolute Gasteiger partial charge is 0.497 e. The van der Waals surface area contributed by atoms with Gasteiger partial charge in [-0.05, 0) is 51.1 Å². The predicted molar refractivity (Wildman–Crippen MR) is 99.6 cm³/mol. The van der Waals surface area contributed by atoms with Crippen LogP contribution in [0.5, 0.6) is 17.4 Å². The number of rotatable bonds is 6. The van der Waals surface area contributed by atoms with Gasteiger partial charge in [-0.15, -0.1) is 5.10 Å². The maximum Gasteiger partial charge on any atom is 0.219 e. The molecule has 26 heavy (non-hydrogen) atoms. The Hall–Kier alpha value is -3.09. The summed E-state index contributed by atoms with van der Waals surface area (Å²) >= 11 is 0.